The van der Waals surface area contributed by atoms with Crippen molar-refractivity contribution in [2.24, 2.45) is 0 Å². The molecule has 0 spiro atoms. The van der Waals surface area contributed by atoms with Gasteiger partial charge in [0.15, 0.2) is 5.11 Å². The molecular weight excluding hydrogens is 340 g/mol. The maximum Gasteiger partial charge on any atom is 0.387 e. The summed E-state index contributed by atoms with van der Waals surface area (Å²) in [4.78, 5) is 10.7. The monoisotopic (exact) mass is 353 g/mol. The van der Waals surface area contributed by atoms with Crippen molar-refractivity contribution in [3.05, 3.63) is 54.1 Å². The zero-order valence-electron chi connectivity index (χ0n) is 12.1. The molecule has 4 N–H and O–H groups in total. The fourth-order valence-corrected chi connectivity index (χ4v) is 1.88. The van der Waals surface area contributed by atoms with Crippen molar-refractivity contribution < 1.29 is 23.4 Å². The van der Waals surface area contributed by atoms with Gasteiger partial charge in [0.05, 0.1) is 11.3 Å². The molecule has 0 fully saturated rings. The van der Waals surface area contributed by atoms with Gasteiger partial charge in [-0.05, 0) is 60.7 Å². The second-order valence-corrected chi connectivity index (χ2v) is 4.90. The van der Waals surface area contributed by atoms with E-state index in [1.54, 1.807) is 12.1 Å². The zero-order chi connectivity index (χ0) is 17.5. The van der Waals surface area contributed by atoms with Crippen LogP contribution in [0.4, 0.5) is 20.2 Å². The first-order valence-corrected chi connectivity index (χ1v) is 7.06. The Bertz CT molecular complexity index is 709. The highest BCUT2D eigenvalue weighted by Crippen LogP contribution is 2.17. The Labute approximate surface area is 141 Å². The van der Waals surface area contributed by atoms with Gasteiger partial charge in [-0.25, -0.2) is 4.79 Å². The van der Waals surface area contributed by atoms with Crippen molar-refractivity contribution >= 4 is 34.7 Å². The molecule has 0 heterocycles. The topological polar surface area (TPSA) is 82.6 Å². The average molecular weight is 353 g/mol. The second-order valence-electron chi connectivity index (χ2n) is 4.49. The summed E-state index contributed by atoms with van der Waals surface area (Å²) in [6, 6.07) is 11.9. The van der Waals surface area contributed by atoms with Crippen LogP contribution in [0.3, 0.4) is 0 Å². The van der Waals surface area contributed by atoms with Crippen molar-refractivity contribution in [3.8, 4) is 5.75 Å². The van der Waals surface area contributed by atoms with E-state index in [1.165, 1.54) is 36.4 Å². The Hall–Kier alpha value is -2.94. The van der Waals surface area contributed by atoms with E-state index >= 15 is 0 Å². The van der Waals surface area contributed by atoms with Crippen LogP contribution in [-0.4, -0.2) is 22.8 Å². The molecule has 0 aromatic heterocycles. The third kappa shape index (κ3) is 5.36. The van der Waals surface area contributed by atoms with Crippen molar-refractivity contribution in [1.82, 2.24) is 5.43 Å². The largest absolute Gasteiger partial charge is 0.478 e. The minimum Gasteiger partial charge on any atom is -0.478 e. The van der Waals surface area contributed by atoms with Gasteiger partial charge in [-0.15, -0.1) is 0 Å². The predicted octanol–water partition coefficient (Wildman–Crippen LogP) is 3.30. The van der Waals surface area contributed by atoms with E-state index in [0.717, 1.165) is 0 Å². The Morgan fingerprint density at radius 3 is 2.17 bits per heavy atom. The molecule has 0 saturated heterocycles. The molecule has 2 rings (SSSR count). The number of carbonyl (C=O) groups is 1. The lowest BCUT2D eigenvalue weighted by atomic mass is 10.2. The Balaban J connectivity index is 1.83. The number of nitrogens with one attached hydrogen (secondary N) is 3. The van der Waals surface area contributed by atoms with Gasteiger partial charge >= 0.3 is 12.6 Å². The third-order valence-electron chi connectivity index (χ3n) is 2.79. The number of carboxylic acid groups (broad SMARTS) is 1. The van der Waals surface area contributed by atoms with Crippen LogP contribution < -0.4 is 20.9 Å². The number of rotatable bonds is 6. The minimum absolute atomic E-state index is 0.0473. The number of thiocarbonyl (C=S) groups is 1. The molecule has 0 saturated carbocycles. The fraction of sp³-hybridized carbons (Fsp3) is 0.0667. The fourth-order valence-electron chi connectivity index (χ4n) is 1.71. The molecule has 0 aliphatic heterocycles. The summed E-state index contributed by atoms with van der Waals surface area (Å²) in [6.07, 6.45) is 0. The molecule has 0 unspecified atom stereocenters. The lowest BCUT2D eigenvalue weighted by Crippen LogP contribution is -2.33. The van der Waals surface area contributed by atoms with Crippen LogP contribution in [0.1, 0.15) is 10.4 Å². The summed E-state index contributed by atoms with van der Waals surface area (Å²) >= 11 is 5.08. The first-order chi connectivity index (χ1) is 11.4. The summed E-state index contributed by atoms with van der Waals surface area (Å²) in [5.41, 5.74) is 6.88. The molecule has 126 valence electrons. The van der Waals surface area contributed by atoms with Gasteiger partial charge in [-0.2, -0.15) is 8.78 Å². The van der Waals surface area contributed by atoms with Gasteiger partial charge in [0.1, 0.15) is 5.75 Å². The number of halogens is 2. The number of hydrogen-bond donors (Lipinski definition) is 4. The Morgan fingerprint density at radius 1 is 1.04 bits per heavy atom. The average Bonchev–Trinajstić information content (AvgIpc) is 2.54. The number of hydrogen-bond acceptors (Lipinski definition) is 4. The van der Waals surface area contributed by atoms with E-state index in [9.17, 15) is 13.6 Å². The standard InChI is InChI=1S/C15H13F2N3O3S/c16-14(17)23-12-7-5-10(6-8-12)18-15(24)20-19-11-3-1-9(2-4-11)13(21)22/h1-8,14,19H,(H,21,22)(H2,18,20,24). The smallest absolute Gasteiger partial charge is 0.387 e. The van der Waals surface area contributed by atoms with E-state index in [4.69, 9.17) is 17.3 Å². The van der Waals surface area contributed by atoms with Crippen LogP contribution >= 0.6 is 12.2 Å². The van der Waals surface area contributed by atoms with E-state index in [2.05, 4.69) is 20.9 Å². The molecule has 0 aliphatic rings. The number of benzene rings is 2. The van der Waals surface area contributed by atoms with Crippen LogP contribution in [0.5, 0.6) is 5.75 Å². The van der Waals surface area contributed by atoms with Gasteiger partial charge in [-0.1, -0.05) is 0 Å². The maximum absolute atomic E-state index is 12.1. The molecule has 6 nitrogen and oxygen atoms in total. The van der Waals surface area contributed by atoms with Crippen molar-refractivity contribution in [1.29, 1.82) is 0 Å². The van der Waals surface area contributed by atoms with Crippen molar-refractivity contribution in [2.75, 3.05) is 10.7 Å². The van der Waals surface area contributed by atoms with Crippen LogP contribution in [0.15, 0.2) is 48.5 Å². The number of alkyl halides is 2. The van der Waals surface area contributed by atoms with Crippen molar-refractivity contribution in [3.63, 3.8) is 0 Å². The van der Waals surface area contributed by atoms with Crippen LogP contribution in [0, 0.1) is 0 Å². The van der Waals surface area contributed by atoms with Gasteiger partial charge in [0, 0.05) is 5.69 Å². The highest BCUT2D eigenvalue weighted by molar-refractivity contribution is 7.80. The quantitative estimate of drug-likeness (QED) is 0.468. The summed E-state index contributed by atoms with van der Waals surface area (Å²) in [5.74, 6) is -0.961. The molecule has 24 heavy (non-hydrogen) atoms. The number of ether oxygens (including phenoxy) is 1. The predicted molar refractivity (Wildman–Crippen MR) is 89.5 cm³/mol. The first kappa shape index (κ1) is 17.4. The second kappa shape index (κ2) is 8.06. The minimum atomic E-state index is -2.87. The summed E-state index contributed by atoms with van der Waals surface area (Å²) in [6.45, 7) is -2.87. The molecule has 0 amide bonds. The molecule has 9 heteroatoms. The summed E-state index contributed by atoms with van der Waals surface area (Å²) < 4.78 is 28.3. The van der Waals surface area contributed by atoms with E-state index < -0.39 is 12.6 Å². The normalized spacial score (nSPS) is 10.1. The zero-order valence-corrected chi connectivity index (χ0v) is 12.9. The maximum atomic E-state index is 12.1. The van der Waals surface area contributed by atoms with Crippen LogP contribution in [0.2, 0.25) is 0 Å². The van der Waals surface area contributed by atoms with E-state index in [0.29, 0.717) is 11.4 Å². The van der Waals surface area contributed by atoms with Crippen LogP contribution in [0.25, 0.3) is 0 Å². The van der Waals surface area contributed by atoms with E-state index in [1.807, 2.05) is 0 Å². The number of carboxylic acids is 1. The SMILES string of the molecule is O=C(O)c1ccc(NNC(=S)Nc2ccc(OC(F)F)cc2)cc1. The molecule has 0 radical (unpaired) electrons. The Morgan fingerprint density at radius 2 is 1.62 bits per heavy atom. The third-order valence-corrected chi connectivity index (χ3v) is 2.99. The highest BCUT2D eigenvalue weighted by atomic mass is 32.1. The molecule has 0 atom stereocenters. The molecular formula is C15H13F2N3O3S. The molecule has 2 aromatic rings. The highest BCUT2D eigenvalue weighted by Gasteiger charge is 2.05. The van der Waals surface area contributed by atoms with Gasteiger partial charge < -0.3 is 15.2 Å². The molecule has 0 bridgehead atoms. The van der Waals surface area contributed by atoms with Gasteiger partial charge in [0.25, 0.3) is 0 Å². The lowest BCUT2D eigenvalue weighted by molar-refractivity contribution is -0.0498. The first-order valence-electron chi connectivity index (χ1n) is 6.65. The number of hydrazine groups is 1. The van der Waals surface area contributed by atoms with E-state index in [-0.39, 0.29) is 16.4 Å². The summed E-state index contributed by atoms with van der Waals surface area (Å²) in [7, 11) is 0. The molecule has 0 aliphatic carbocycles. The van der Waals surface area contributed by atoms with Gasteiger partial charge in [-0.3, -0.25) is 10.9 Å². The number of aromatic carboxylic acids is 1. The van der Waals surface area contributed by atoms with Crippen molar-refractivity contribution in [2.45, 2.75) is 6.61 Å². The number of anilines is 2. The van der Waals surface area contributed by atoms with Gasteiger partial charge in [0.2, 0.25) is 0 Å². The summed E-state index contributed by atoms with van der Waals surface area (Å²) in [5, 5.41) is 11.9. The lowest BCUT2D eigenvalue weighted by Gasteiger charge is -2.13. The Kier molecular flexibility index (Phi) is 5.85. The molecule has 2 aromatic carbocycles. The van der Waals surface area contributed by atoms with Crippen LogP contribution in [-0.2, 0) is 0 Å².